The van der Waals surface area contributed by atoms with Gasteiger partial charge in [0.15, 0.2) is 6.10 Å². The Balaban J connectivity index is 1.97. The molecule has 0 spiro atoms. The highest BCUT2D eigenvalue weighted by Crippen LogP contribution is 2.14. The number of hydrogen-bond acceptors (Lipinski definition) is 4. The molecular weight excluding hydrogens is 334 g/mol. The molecule has 0 aliphatic heterocycles. The molecule has 1 atom stereocenters. The van der Waals surface area contributed by atoms with Gasteiger partial charge >= 0.3 is 12.0 Å². The van der Waals surface area contributed by atoms with E-state index in [0.717, 1.165) is 12.0 Å². The van der Waals surface area contributed by atoms with Crippen molar-refractivity contribution in [3.63, 3.8) is 0 Å². The number of benzene rings is 2. The van der Waals surface area contributed by atoms with Crippen LogP contribution in [-0.2, 0) is 16.0 Å². The Hall–Kier alpha value is -3.35. The van der Waals surface area contributed by atoms with E-state index in [0.29, 0.717) is 11.4 Å². The molecule has 7 nitrogen and oxygen atoms in total. The molecule has 0 aromatic heterocycles. The van der Waals surface area contributed by atoms with Crippen molar-refractivity contribution in [3.05, 3.63) is 59.7 Å². The molecule has 0 saturated heterocycles. The van der Waals surface area contributed by atoms with E-state index in [1.165, 1.54) is 19.1 Å². The van der Waals surface area contributed by atoms with Crippen LogP contribution in [0, 0.1) is 0 Å². The Bertz CT molecular complexity index is 803. The molecule has 2 aromatic rings. The van der Waals surface area contributed by atoms with E-state index in [4.69, 9.17) is 10.5 Å². The molecule has 0 unspecified atom stereocenters. The summed E-state index contributed by atoms with van der Waals surface area (Å²) >= 11 is 0. The van der Waals surface area contributed by atoms with Gasteiger partial charge in [0.25, 0.3) is 5.91 Å². The number of amides is 3. The van der Waals surface area contributed by atoms with E-state index in [-0.39, 0.29) is 5.56 Å². The number of urea groups is 1. The Labute approximate surface area is 151 Å². The molecular formula is C19H21N3O4. The lowest BCUT2D eigenvalue weighted by Gasteiger charge is -2.14. The van der Waals surface area contributed by atoms with Crippen molar-refractivity contribution in [3.8, 4) is 0 Å². The maximum atomic E-state index is 12.2. The number of nitrogens with one attached hydrogen (secondary N) is 2. The third kappa shape index (κ3) is 5.34. The highest BCUT2D eigenvalue weighted by atomic mass is 16.5. The number of esters is 1. The maximum absolute atomic E-state index is 12.2. The van der Waals surface area contributed by atoms with Crippen molar-refractivity contribution in [2.24, 2.45) is 5.73 Å². The first-order valence-corrected chi connectivity index (χ1v) is 8.16. The van der Waals surface area contributed by atoms with E-state index < -0.39 is 24.0 Å². The summed E-state index contributed by atoms with van der Waals surface area (Å²) in [6.45, 7) is 3.53. The molecule has 0 aliphatic carbocycles. The SMILES string of the molecule is CCc1ccc(NC(=O)[C@@H](C)OC(=O)c2cccc(NC(N)=O)c2)cc1. The summed E-state index contributed by atoms with van der Waals surface area (Å²) in [6.07, 6.45) is -0.0764. The van der Waals surface area contributed by atoms with E-state index in [1.807, 2.05) is 19.1 Å². The van der Waals surface area contributed by atoms with E-state index >= 15 is 0 Å². The molecule has 0 heterocycles. The predicted octanol–water partition coefficient (Wildman–Crippen LogP) is 2.92. The topological polar surface area (TPSA) is 111 Å². The molecule has 3 amide bonds. The Morgan fingerprint density at radius 1 is 1.04 bits per heavy atom. The van der Waals surface area contributed by atoms with Crippen molar-refractivity contribution >= 4 is 29.3 Å². The molecule has 0 radical (unpaired) electrons. The number of carbonyl (C=O) groups excluding carboxylic acids is 3. The molecule has 4 N–H and O–H groups in total. The van der Waals surface area contributed by atoms with Crippen LogP contribution in [0.2, 0.25) is 0 Å². The van der Waals surface area contributed by atoms with E-state index in [9.17, 15) is 14.4 Å². The molecule has 0 aliphatic rings. The van der Waals surface area contributed by atoms with Crippen LogP contribution in [0.3, 0.4) is 0 Å². The largest absolute Gasteiger partial charge is 0.449 e. The molecule has 0 saturated carbocycles. The number of aryl methyl sites for hydroxylation is 1. The van der Waals surface area contributed by atoms with Gasteiger partial charge in [0.05, 0.1) is 5.56 Å². The first kappa shape index (κ1) is 19.0. The van der Waals surface area contributed by atoms with E-state index in [2.05, 4.69) is 10.6 Å². The smallest absolute Gasteiger partial charge is 0.338 e. The zero-order chi connectivity index (χ0) is 19.1. The summed E-state index contributed by atoms with van der Waals surface area (Å²) in [6, 6.07) is 12.8. The minimum absolute atomic E-state index is 0.197. The summed E-state index contributed by atoms with van der Waals surface area (Å²) in [5.41, 5.74) is 7.39. The highest BCUT2D eigenvalue weighted by molar-refractivity contribution is 5.98. The normalized spacial score (nSPS) is 11.3. The molecule has 2 rings (SSSR count). The summed E-state index contributed by atoms with van der Waals surface area (Å²) < 4.78 is 5.18. The van der Waals surface area contributed by atoms with Gasteiger partial charge in [0.2, 0.25) is 0 Å². The lowest BCUT2D eigenvalue weighted by Crippen LogP contribution is -2.30. The number of nitrogens with two attached hydrogens (primary N) is 1. The van der Waals surface area contributed by atoms with Crippen LogP contribution in [0.5, 0.6) is 0 Å². The van der Waals surface area contributed by atoms with Crippen molar-refractivity contribution in [1.82, 2.24) is 0 Å². The number of anilines is 2. The van der Waals surface area contributed by atoms with Crippen molar-refractivity contribution in [2.45, 2.75) is 26.4 Å². The molecule has 2 aromatic carbocycles. The number of primary amides is 1. The number of rotatable bonds is 6. The molecule has 26 heavy (non-hydrogen) atoms. The fourth-order valence-electron chi connectivity index (χ4n) is 2.22. The summed E-state index contributed by atoms with van der Waals surface area (Å²) in [4.78, 5) is 35.2. The van der Waals surface area contributed by atoms with Gasteiger partial charge in [-0.25, -0.2) is 9.59 Å². The summed E-state index contributed by atoms with van der Waals surface area (Å²) in [7, 11) is 0. The van der Waals surface area contributed by atoms with Gasteiger partial charge < -0.3 is 21.1 Å². The number of carbonyl (C=O) groups is 3. The van der Waals surface area contributed by atoms with Crippen LogP contribution in [0.4, 0.5) is 16.2 Å². The Morgan fingerprint density at radius 2 is 1.73 bits per heavy atom. The second kappa shape index (κ2) is 8.66. The zero-order valence-corrected chi connectivity index (χ0v) is 14.6. The quantitative estimate of drug-likeness (QED) is 0.692. The molecule has 0 bridgehead atoms. The first-order valence-electron chi connectivity index (χ1n) is 8.16. The third-order valence-electron chi connectivity index (χ3n) is 3.65. The van der Waals surface area contributed by atoms with Gasteiger partial charge in [-0.2, -0.15) is 0 Å². The number of hydrogen-bond donors (Lipinski definition) is 3. The van der Waals surface area contributed by atoms with Gasteiger partial charge in [-0.15, -0.1) is 0 Å². The highest BCUT2D eigenvalue weighted by Gasteiger charge is 2.19. The van der Waals surface area contributed by atoms with Gasteiger partial charge in [0.1, 0.15) is 0 Å². The zero-order valence-electron chi connectivity index (χ0n) is 14.6. The number of ether oxygens (including phenoxy) is 1. The van der Waals surface area contributed by atoms with Gasteiger partial charge in [-0.05, 0) is 49.2 Å². The van der Waals surface area contributed by atoms with Gasteiger partial charge in [0, 0.05) is 11.4 Å². The Morgan fingerprint density at radius 3 is 2.35 bits per heavy atom. The lowest BCUT2D eigenvalue weighted by molar-refractivity contribution is -0.123. The van der Waals surface area contributed by atoms with Crippen molar-refractivity contribution in [1.29, 1.82) is 0 Å². The van der Waals surface area contributed by atoms with Crippen LogP contribution in [-0.4, -0.2) is 24.0 Å². The minimum atomic E-state index is -0.985. The fraction of sp³-hybridized carbons (Fsp3) is 0.211. The van der Waals surface area contributed by atoms with Crippen molar-refractivity contribution < 1.29 is 19.1 Å². The van der Waals surface area contributed by atoms with Crippen LogP contribution >= 0.6 is 0 Å². The fourth-order valence-corrected chi connectivity index (χ4v) is 2.22. The maximum Gasteiger partial charge on any atom is 0.338 e. The van der Waals surface area contributed by atoms with Crippen molar-refractivity contribution in [2.75, 3.05) is 10.6 Å². The van der Waals surface area contributed by atoms with E-state index in [1.54, 1.807) is 24.3 Å². The first-order chi connectivity index (χ1) is 12.4. The molecule has 0 fully saturated rings. The summed E-state index contributed by atoms with van der Waals surface area (Å²) in [5.74, 6) is -1.11. The average Bonchev–Trinajstić information content (AvgIpc) is 2.62. The Kier molecular flexibility index (Phi) is 6.32. The molecule has 7 heteroatoms. The van der Waals surface area contributed by atoms with Crippen LogP contribution in [0.1, 0.15) is 29.8 Å². The lowest BCUT2D eigenvalue weighted by atomic mass is 10.1. The van der Waals surface area contributed by atoms with Gasteiger partial charge in [-0.1, -0.05) is 25.1 Å². The van der Waals surface area contributed by atoms with Crippen LogP contribution in [0.25, 0.3) is 0 Å². The van der Waals surface area contributed by atoms with Crippen LogP contribution in [0.15, 0.2) is 48.5 Å². The summed E-state index contributed by atoms with van der Waals surface area (Å²) in [5, 5.41) is 5.07. The molecule has 136 valence electrons. The predicted molar refractivity (Wildman–Crippen MR) is 99.0 cm³/mol. The second-order valence-corrected chi connectivity index (χ2v) is 5.66. The monoisotopic (exact) mass is 355 g/mol. The standard InChI is InChI=1S/C19H21N3O4/c1-3-13-7-9-15(10-8-13)21-17(23)12(2)26-18(24)14-5-4-6-16(11-14)22-19(20)25/h4-12H,3H2,1-2H3,(H,21,23)(H3,20,22,25)/t12-/m1/s1. The minimum Gasteiger partial charge on any atom is -0.449 e. The average molecular weight is 355 g/mol. The third-order valence-corrected chi connectivity index (χ3v) is 3.65. The van der Waals surface area contributed by atoms with Crippen LogP contribution < -0.4 is 16.4 Å². The second-order valence-electron chi connectivity index (χ2n) is 5.66. The van der Waals surface area contributed by atoms with Gasteiger partial charge in [-0.3, -0.25) is 4.79 Å².